The Morgan fingerprint density at radius 1 is 1.14 bits per heavy atom. The average molecular weight is 511 g/mol. The van der Waals surface area contributed by atoms with Gasteiger partial charge in [0.2, 0.25) is 5.91 Å². The molecular formula is C27H31FN4O3S. The van der Waals surface area contributed by atoms with Crippen LogP contribution in [0.1, 0.15) is 54.9 Å². The van der Waals surface area contributed by atoms with Gasteiger partial charge in [-0.3, -0.25) is 9.69 Å². The maximum Gasteiger partial charge on any atom is 0.226 e. The molecule has 2 fully saturated rings. The van der Waals surface area contributed by atoms with Crippen molar-refractivity contribution in [2.24, 2.45) is 0 Å². The van der Waals surface area contributed by atoms with Crippen LogP contribution in [0.15, 0.2) is 30.6 Å². The number of pyridine rings is 2. The number of carbonyl (C=O) groups excluding carboxylic acids is 1. The van der Waals surface area contributed by atoms with E-state index in [1.54, 1.807) is 11.3 Å². The summed E-state index contributed by atoms with van der Waals surface area (Å²) in [7, 11) is 0. The zero-order chi connectivity index (χ0) is 24.5. The molecule has 1 saturated heterocycles. The standard InChI is InChI=1S/C27H31FN4O3S/c28-18-2-8-23(30-16-18)31-24(33)15-17-1-7-22-25(17)26-21(9-10-29-27(26)36-22)35-20-5-3-19(4-6-20)32-11-13-34-14-12-32/h2,8-10,16-17,19-20H,1,3-7,11-15H2,(H,30,31,33)/t17-,19?,20?/m1/s1. The average Bonchev–Trinajstić information content (AvgIpc) is 3.46. The van der Waals surface area contributed by atoms with Crippen LogP contribution in [0.25, 0.3) is 10.2 Å². The van der Waals surface area contributed by atoms with Gasteiger partial charge in [-0.05, 0) is 68.2 Å². The van der Waals surface area contributed by atoms with Gasteiger partial charge < -0.3 is 14.8 Å². The summed E-state index contributed by atoms with van der Waals surface area (Å²) in [5.41, 5.74) is 1.22. The summed E-state index contributed by atoms with van der Waals surface area (Å²) in [6, 6.07) is 5.40. The van der Waals surface area contributed by atoms with Crippen LogP contribution in [0, 0.1) is 5.82 Å². The van der Waals surface area contributed by atoms with Gasteiger partial charge in [0.05, 0.1) is 30.9 Å². The predicted molar refractivity (Wildman–Crippen MR) is 137 cm³/mol. The van der Waals surface area contributed by atoms with Crippen molar-refractivity contribution in [2.75, 3.05) is 31.6 Å². The number of rotatable bonds is 6. The Hall–Kier alpha value is -2.62. The number of anilines is 1. The molecule has 0 bridgehead atoms. The van der Waals surface area contributed by atoms with Gasteiger partial charge in [0, 0.05) is 36.6 Å². The number of fused-ring (bicyclic) bond motifs is 3. The first-order chi connectivity index (χ1) is 17.6. The van der Waals surface area contributed by atoms with Crippen molar-refractivity contribution >= 4 is 33.3 Å². The van der Waals surface area contributed by atoms with E-state index in [1.165, 1.54) is 22.6 Å². The largest absolute Gasteiger partial charge is 0.490 e. The molecule has 7 nitrogen and oxygen atoms in total. The topological polar surface area (TPSA) is 76.6 Å². The van der Waals surface area contributed by atoms with Crippen LogP contribution in [-0.4, -0.2) is 59.2 Å². The second-order valence-corrected chi connectivity index (χ2v) is 11.1. The molecule has 1 N–H and O–H groups in total. The number of hydrogen-bond donors (Lipinski definition) is 1. The number of morpholine rings is 1. The molecule has 9 heteroatoms. The zero-order valence-corrected chi connectivity index (χ0v) is 21.1. The summed E-state index contributed by atoms with van der Waals surface area (Å²) >= 11 is 1.72. The Morgan fingerprint density at radius 3 is 2.75 bits per heavy atom. The third-order valence-corrected chi connectivity index (χ3v) is 8.90. The molecule has 1 aliphatic heterocycles. The lowest BCUT2D eigenvalue weighted by Crippen LogP contribution is -2.46. The van der Waals surface area contributed by atoms with E-state index in [2.05, 4.69) is 20.2 Å². The highest BCUT2D eigenvalue weighted by atomic mass is 32.1. The van der Waals surface area contributed by atoms with Crippen molar-refractivity contribution in [3.05, 3.63) is 46.9 Å². The molecule has 0 spiro atoms. The minimum atomic E-state index is -0.423. The van der Waals surface area contributed by atoms with Gasteiger partial charge in [0.25, 0.3) is 0 Å². The van der Waals surface area contributed by atoms with Gasteiger partial charge in [-0.25, -0.2) is 14.4 Å². The second-order valence-electron chi connectivity index (χ2n) is 9.97. The molecule has 0 aromatic carbocycles. The summed E-state index contributed by atoms with van der Waals surface area (Å²) in [4.78, 5) is 26.2. The molecular weight excluding hydrogens is 479 g/mol. The van der Waals surface area contributed by atoms with Crippen molar-refractivity contribution in [1.29, 1.82) is 0 Å². The van der Waals surface area contributed by atoms with E-state index in [4.69, 9.17) is 9.47 Å². The molecule has 0 radical (unpaired) electrons. The fourth-order valence-electron chi connectivity index (χ4n) is 5.95. The number of hydrogen-bond acceptors (Lipinski definition) is 7. The summed E-state index contributed by atoms with van der Waals surface area (Å²) < 4.78 is 25.3. The number of halogens is 1. The first-order valence-electron chi connectivity index (χ1n) is 12.9. The number of amides is 1. The van der Waals surface area contributed by atoms with E-state index in [0.29, 0.717) is 18.3 Å². The van der Waals surface area contributed by atoms with Crippen LogP contribution >= 0.6 is 11.3 Å². The fraction of sp³-hybridized carbons (Fsp3) is 0.519. The minimum Gasteiger partial charge on any atom is -0.490 e. The molecule has 3 aliphatic rings. The van der Waals surface area contributed by atoms with Crippen molar-refractivity contribution in [1.82, 2.24) is 14.9 Å². The number of nitrogens with zero attached hydrogens (tertiary/aromatic N) is 3. The smallest absolute Gasteiger partial charge is 0.226 e. The van der Waals surface area contributed by atoms with Crippen LogP contribution in [-0.2, 0) is 16.0 Å². The van der Waals surface area contributed by atoms with E-state index in [0.717, 1.165) is 87.0 Å². The zero-order valence-electron chi connectivity index (χ0n) is 20.2. The second kappa shape index (κ2) is 10.4. The fourth-order valence-corrected chi connectivity index (χ4v) is 7.21. The van der Waals surface area contributed by atoms with Crippen LogP contribution in [0.2, 0.25) is 0 Å². The molecule has 36 heavy (non-hydrogen) atoms. The number of ether oxygens (including phenoxy) is 2. The number of thiophene rings is 1. The molecule has 190 valence electrons. The Bertz CT molecular complexity index is 1220. The Balaban J connectivity index is 1.15. The highest BCUT2D eigenvalue weighted by Crippen LogP contribution is 2.48. The van der Waals surface area contributed by atoms with Gasteiger partial charge in [-0.15, -0.1) is 11.3 Å². The highest BCUT2D eigenvalue weighted by Gasteiger charge is 2.33. The summed E-state index contributed by atoms with van der Waals surface area (Å²) in [6.07, 6.45) is 9.80. The number of aryl methyl sites for hydroxylation is 1. The van der Waals surface area contributed by atoms with Crippen molar-refractivity contribution in [2.45, 2.75) is 63.0 Å². The molecule has 6 rings (SSSR count). The maximum absolute atomic E-state index is 13.1. The number of aromatic nitrogens is 2. The monoisotopic (exact) mass is 510 g/mol. The Labute approximate surface area is 214 Å². The summed E-state index contributed by atoms with van der Waals surface area (Å²) in [6.45, 7) is 3.76. The van der Waals surface area contributed by atoms with E-state index < -0.39 is 5.82 Å². The minimum absolute atomic E-state index is 0.109. The third kappa shape index (κ3) is 4.96. The first-order valence-corrected chi connectivity index (χ1v) is 13.8. The number of nitrogens with one attached hydrogen (secondary N) is 1. The molecule has 3 aromatic heterocycles. The van der Waals surface area contributed by atoms with Gasteiger partial charge in [-0.1, -0.05) is 0 Å². The third-order valence-electron chi connectivity index (χ3n) is 7.72. The molecule has 3 aromatic rings. The van der Waals surface area contributed by atoms with Crippen molar-refractivity contribution in [3.8, 4) is 5.75 Å². The van der Waals surface area contributed by atoms with Crippen LogP contribution in [0.4, 0.5) is 10.2 Å². The Morgan fingerprint density at radius 2 is 1.97 bits per heavy atom. The lowest BCUT2D eigenvalue weighted by atomic mass is 9.91. The van der Waals surface area contributed by atoms with E-state index >= 15 is 0 Å². The van der Waals surface area contributed by atoms with Gasteiger partial charge in [0.1, 0.15) is 22.2 Å². The van der Waals surface area contributed by atoms with Gasteiger partial charge in [-0.2, -0.15) is 0 Å². The van der Waals surface area contributed by atoms with E-state index in [9.17, 15) is 9.18 Å². The molecule has 0 unspecified atom stereocenters. The van der Waals surface area contributed by atoms with Crippen molar-refractivity contribution < 1.29 is 18.7 Å². The van der Waals surface area contributed by atoms with E-state index in [1.807, 2.05) is 12.3 Å². The molecule has 2 aliphatic carbocycles. The first kappa shape index (κ1) is 23.8. The maximum atomic E-state index is 13.1. The SMILES string of the molecule is O=C(C[C@H]1CCc2sc3nccc(OC4CCC(N5CCOCC5)CC4)c3c21)Nc1ccc(F)cn1. The quantitative estimate of drug-likeness (QED) is 0.508. The lowest BCUT2D eigenvalue weighted by Gasteiger charge is -2.38. The highest BCUT2D eigenvalue weighted by molar-refractivity contribution is 7.19. The lowest BCUT2D eigenvalue weighted by molar-refractivity contribution is -0.116. The molecule has 4 heterocycles. The van der Waals surface area contributed by atoms with E-state index in [-0.39, 0.29) is 17.9 Å². The normalized spacial score (nSPS) is 24.5. The molecule has 1 saturated carbocycles. The van der Waals surface area contributed by atoms with Gasteiger partial charge >= 0.3 is 0 Å². The predicted octanol–water partition coefficient (Wildman–Crippen LogP) is 4.91. The van der Waals surface area contributed by atoms with Crippen LogP contribution in [0.3, 0.4) is 0 Å². The van der Waals surface area contributed by atoms with Crippen LogP contribution < -0.4 is 10.1 Å². The summed E-state index contributed by atoms with van der Waals surface area (Å²) in [5, 5.41) is 3.89. The summed E-state index contributed by atoms with van der Waals surface area (Å²) in [5.74, 6) is 0.845. The Kier molecular flexibility index (Phi) is 6.86. The number of carbonyl (C=O) groups is 1. The molecule has 1 amide bonds. The van der Waals surface area contributed by atoms with Crippen LogP contribution in [0.5, 0.6) is 5.75 Å². The molecule has 1 atom stereocenters. The van der Waals surface area contributed by atoms with Gasteiger partial charge in [0.15, 0.2) is 0 Å². The van der Waals surface area contributed by atoms with Crippen molar-refractivity contribution in [3.63, 3.8) is 0 Å².